The highest BCUT2D eigenvalue weighted by atomic mass is 16.5. The van der Waals surface area contributed by atoms with Gasteiger partial charge in [0.05, 0.1) is 12.1 Å². The van der Waals surface area contributed by atoms with Crippen molar-refractivity contribution in [3.05, 3.63) is 113 Å². The maximum atomic E-state index is 13.0. The minimum Gasteiger partial charge on any atom is -0.458 e. The Balaban J connectivity index is 1.26. The summed E-state index contributed by atoms with van der Waals surface area (Å²) in [6.07, 6.45) is 4.58. The standard InChI is InChI=1S/C37H38N2O6/c1-5-22(3)34-30(26-11-7-9-13-28(26)36(42)38-34)19-32(40)44-21-24-15-17-25(18-16-24)45-33(41)20-31-27-12-8-10-14-29(27)37(43)39-35(31)23(4)6-2/h7-20,22-23,34-35H,5-6,21H2,1-4H3,(H,38,42)(H,39,43)/b30-19-,31-20-/t22-,23-,34-,35-/m0/s1. The lowest BCUT2D eigenvalue weighted by molar-refractivity contribution is -0.139. The number of esters is 2. The number of nitrogens with one attached hydrogen (secondary N) is 2. The summed E-state index contributed by atoms with van der Waals surface area (Å²) in [5.74, 6) is -0.781. The molecule has 232 valence electrons. The third-order valence-corrected chi connectivity index (χ3v) is 8.70. The van der Waals surface area contributed by atoms with E-state index in [-0.39, 0.29) is 42.3 Å². The molecule has 2 aliphatic rings. The first kappa shape index (κ1) is 31.4. The highest BCUT2D eigenvalue weighted by molar-refractivity contribution is 6.07. The second-order valence-electron chi connectivity index (χ2n) is 11.6. The molecule has 2 aliphatic heterocycles. The van der Waals surface area contributed by atoms with Gasteiger partial charge in [-0.15, -0.1) is 0 Å². The fraction of sp³-hybridized carbons (Fsp3) is 0.297. The molecule has 2 N–H and O–H groups in total. The van der Waals surface area contributed by atoms with Gasteiger partial charge in [-0.05, 0) is 63.9 Å². The number of amides is 2. The third kappa shape index (κ3) is 6.90. The van der Waals surface area contributed by atoms with Crippen LogP contribution in [0.1, 0.15) is 77.9 Å². The van der Waals surface area contributed by atoms with Crippen molar-refractivity contribution in [3.8, 4) is 5.75 Å². The van der Waals surface area contributed by atoms with E-state index < -0.39 is 11.9 Å². The van der Waals surface area contributed by atoms with Gasteiger partial charge in [0.25, 0.3) is 11.8 Å². The van der Waals surface area contributed by atoms with Crippen LogP contribution in [0.5, 0.6) is 5.75 Å². The van der Waals surface area contributed by atoms with E-state index in [1.54, 1.807) is 48.5 Å². The van der Waals surface area contributed by atoms with Crippen LogP contribution in [0.3, 0.4) is 0 Å². The summed E-state index contributed by atoms with van der Waals surface area (Å²) in [6.45, 7) is 8.19. The summed E-state index contributed by atoms with van der Waals surface area (Å²) in [4.78, 5) is 51.3. The summed E-state index contributed by atoms with van der Waals surface area (Å²) >= 11 is 0. The van der Waals surface area contributed by atoms with Crippen LogP contribution in [0.25, 0.3) is 11.1 Å². The Kier molecular flexibility index (Phi) is 9.62. The van der Waals surface area contributed by atoms with E-state index in [0.29, 0.717) is 16.9 Å². The second kappa shape index (κ2) is 13.8. The second-order valence-corrected chi connectivity index (χ2v) is 11.6. The van der Waals surface area contributed by atoms with Gasteiger partial charge in [0.1, 0.15) is 12.4 Å². The summed E-state index contributed by atoms with van der Waals surface area (Å²) in [5, 5.41) is 6.08. The topological polar surface area (TPSA) is 111 Å². The van der Waals surface area contributed by atoms with Gasteiger partial charge in [0.15, 0.2) is 0 Å². The highest BCUT2D eigenvalue weighted by Gasteiger charge is 2.33. The van der Waals surface area contributed by atoms with Crippen molar-refractivity contribution in [2.75, 3.05) is 0 Å². The molecule has 0 spiro atoms. The van der Waals surface area contributed by atoms with Crippen molar-refractivity contribution >= 4 is 34.9 Å². The summed E-state index contributed by atoms with van der Waals surface area (Å²) in [5.41, 5.74) is 4.69. The lowest BCUT2D eigenvalue weighted by atomic mass is 9.82. The molecule has 0 aliphatic carbocycles. The van der Waals surface area contributed by atoms with E-state index in [4.69, 9.17) is 9.47 Å². The Morgan fingerprint density at radius 3 is 1.60 bits per heavy atom. The van der Waals surface area contributed by atoms with Gasteiger partial charge in [0.2, 0.25) is 0 Å². The van der Waals surface area contributed by atoms with E-state index in [1.165, 1.54) is 12.2 Å². The molecule has 0 aromatic heterocycles. The molecule has 3 aromatic carbocycles. The average Bonchev–Trinajstić information content (AvgIpc) is 3.06. The first-order valence-corrected chi connectivity index (χ1v) is 15.4. The van der Waals surface area contributed by atoms with Crippen LogP contribution in [0.2, 0.25) is 0 Å². The normalized spacial score (nSPS) is 20.4. The number of carbonyl (C=O) groups is 4. The molecule has 8 heteroatoms. The van der Waals surface area contributed by atoms with E-state index in [2.05, 4.69) is 10.6 Å². The van der Waals surface area contributed by atoms with E-state index in [0.717, 1.165) is 40.7 Å². The van der Waals surface area contributed by atoms with Crippen LogP contribution in [0.15, 0.2) is 84.9 Å². The molecule has 3 aromatic rings. The maximum absolute atomic E-state index is 13.0. The zero-order valence-electron chi connectivity index (χ0n) is 26.0. The highest BCUT2D eigenvalue weighted by Crippen LogP contribution is 2.33. The molecule has 0 saturated heterocycles. The molecule has 2 heterocycles. The Hall–Kier alpha value is -4.98. The molecule has 2 amide bonds. The van der Waals surface area contributed by atoms with Gasteiger partial charge in [-0.1, -0.05) is 89.1 Å². The minimum atomic E-state index is -0.550. The quantitative estimate of drug-likeness (QED) is 0.173. The number of benzene rings is 3. The first-order chi connectivity index (χ1) is 21.7. The van der Waals surface area contributed by atoms with E-state index >= 15 is 0 Å². The Morgan fingerprint density at radius 1 is 0.689 bits per heavy atom. The fourth-order valence-corrected chi connectivity index (χ4v) is 5.75. The Labute approximate surface area is 263 Å². The molecule has 8 nitrogen and oxygen atoms in total. The number of ether oxygens (including phenoxy) is 2. The molecule has 0 saturated carbocycles. The molecule has 0 fully saturated rings. The van der Waals surface area contributed by atoms with E-state index in [9.17, 15) is 19.2 Å². The van der Waals surface area contributed by atoms with Gasteiger partial charge in [-0.2, -0.15) is 0 Å². The molecule has 4 atom stereocenters. The van der Waals surface area contributed by atoms with Crippen molar-refractivity contribution in [3.63, 3.8) is 0 Å². The largest absolute Gasteiger partial charge is 0.458 e. The molecular weight excluding hydrogens is 568 g/mol. The van der Waals surface area contributed by atoms with Crippen LogP contribution < -0.4 is 15.4 Å². The van der Waals surface area contributed by atoms with Crippen LogP contribution in [0.4, 0.5) is 0 Å². The number of fused-ring (bicyclic) bond motifs is 2. The Morgan fingerprint density at radius 2 is 1.13 bits per heavy atom. The van der Waals surface area contributed by atoms with Gasteiger partial charge in [-0.3, -0.25) is 9.59 Å². The zero-order chi connectivity index (χ0) is 32.1. The van der Waals surface area contributed by atoms with Crippen LogP contribution in [-0.4, -0.2) is 35.8 Å². The summed E-state index contributed by atoms with van der Waals surface area (Å²) < 4.78 is 11.2. The van der Waals surface area contributed by atoms with Gasteiger partial charge in [-0.25, -0.2) is 9.59 Å². The van der Waals surface area contributed by atoms with Crippen molar-refractivity contribution in [1.82, 2.24) is 10.6 Å². The minimum absolute atomic E-state index is 0.0238. The van der Waals surface area contributed by atoms with Crippen LogP contribution in [-0.2, 0) is 20.9 Å². The number of hydrogen-bond donors (Lipinski definition) is 2. The maximum Gasteiger partial charge on any atom is 0.336 e. The van der Waals surface area contributed by atoms with Crippen LogP contribution >= 0.6 is 0 Å². The fourth-order valence-electron chi connectivity index (χ4n) is 5.75. The predicted octanol–water partition coefficient (Wildman–Crippen LogP) is 6.12. The van der Waals surface area contributed by atoms with Crippen molar-refractivity contribution in [2.24, 2.45) is 11.8 Å². The lowest BCUT2D eigenvalue weighted by Crippen LogP contribution is -2.44. The molecular formula is C37H38N2O6. The van der Waals surface area contributed by atoms with Crippen molar-refractivity contribution in [1.29, 1.82) is 0 Å². The smallest absolute Gasteiger partial charge is 0.336 e. The zero-order valence-corrected chi connectivity index (χ0v) is 26.0. The predicted molar refractivity (Wildman–Crippen MR) is 172 cm³/mol. The molecule has 0 unspecified atom stereocenters. The monoisotopic (exact) mass is 606 g/mol. The van der Waals surface area contributed by atoms with Gasteiger partial charge in [0, 0.05) is 23.3 Å². The molecule has 45 heavy (non-hydrogen) atoms. The molecule has 0 bridgehead atoms. The van der Waals surface area contributed by atoms with E-state index in [1.807, 2.05) is 52.0 Å². The van der Waals surface area contributed by atoms with Gasteiger partial charge >= 0.3 is 11.9 Å². The van der Waals surface area contributed by atoms with Crippen molar-refractivity contribution in [2.45, 2.75) is 59.2 Å². The molecule has 0 radical (unpaired) electrons. The third-order valence-electron chi connectivity index (χ3n) is 8.70. The summed E-state index contributed by atoms with van der Waals surface area (Å²) in [6, 6.07) is 20.6. The Bertz CT molecular complexity index is 1670. The van der Waals surface area contributed by atoms with Crippen LogP contribution in [0, 0.1) is 11.8 Å². The SMILES string of the molecule is CC[C@H](C)[C@@H]1NC(=O)c2ccccc2/C1=C/C(=O)OCc1ccc(OC(=O)/C=C2/c3ccccc3C(=O)N[C@H]2[C@@H](C)CC)cc1. The van der Waals surface area contributed by atoms with Gasteiger partial charge < -0.3 is 20.1 Å². The van der Waals surface area contributed by atoms with Crippen molar-refractivity contribution < 1.29 is 28.7 Å². The average molecular weight is 607 g/mol. The number of rotatable bonds is 9. The summed E-state index contributed by atoms with van der Waals surface area (Å²) in [7, 11) is 0. The molecule has 5 rings (SSSR count). The first-order valence-electron chi connectivity index (χ1n) is 15.4. The number of hydrogen-bond acceptors (Lipinski definition) is 6. The number of carbonyl (C=O) groups excluding carboxylic acids is 4. The lowest BCUT2D eigenvalue weighted by Gasteiger charge is -2.32.